The largest absolute Gasteiger partial charge is 0.456 e. The topological polar surface area (TPSA) is 38.9 Å². The van der Waals surface area contributed by atoms with Gasteiger partial charge in [-0.2, -0.15) is 0 Å². The highest BCUT2D eigenvalue weighted by molar-refractivity contribution is 6.12. The van der Waals surface area contributed by atoms with Gasteiger partial charge in [0.15, 0.2) is 5.82 Å². The number of rotatable bonds is 6. The maximum Gasteiger partial charge on any atom is 0.160 e. The Kier molecular flexibility index (Phi) is 7.47. The molecular formula is C50H32N2O. The SMILES string of the molecule is c1ccc(-c2cc(-c3cc(-c4ccccc4-c4ccc5ccccc5c4)cc(-c4cccc5oc6ccccc6c45)c3)nc(-c3ccccc3)n2)cc1. The van der Waals surface area contributed by atoms with Crippen LogP contribution in [0.5, 0.6) is 0 Å². The van der Waals surface area contributed by atoms with Crippen LogP contribution in [0.2, 0.25) is 0 Å². The van der Waals surface area contributed by atoms with Gasteiger partial charge in [0, 0.05) is 27.5 Å². The molecule has 248 valence electrons. The van der Waals surface area contributed by atoms with Gasteiger partial charge in [0.05, 0.1) is 11.4 Å². The molecule has 8 aromatic carbocycles. The Hall–Kier alpha value is -7.10. The normalized spacial score (nSPS) is 11.4. The summed E-state index contributed by atoms with van der Waals surface area (Å²) in [7, 11) is 0. The summed E-state index contributed by atoms with van der Waals surface area (Å²) in [6, 6.07) is 68.2. The Morgan fingerprint density at radius 3 is 1.68 bits per heavy atom. The van der Waals surface area contributed by atoms with Crippen molar-refractivity contribution in [1.82, 2.24) is 9.97 Å². The van der Waals surface area contributed by atoms with E-state index in [0.717, 1.165) is 72.3 Å². The molecule has 2 heterocycles. The second-order valence-corrected chi connectivity index (χ2v) is 13.4. The zero-order valence-electron chi connectivity index (χ0n) is 28.8. The number of hydrogen-bond donors (Lipinski definition) is 0. The molecule has 0 fully saturated rings. The summed E-state index contributed by atoms with van der Waals surface area (Å²) in [6.07, 6.45) is 0. The van der Waals surface area contributed by atoms with Crippen molar-refractivity contribution < 1.29 is 4.42 Å². The van der Waals surface area contributed by atoms with Crippen LogP contribution in [0.4, 0.5) is 0 Å². The molecule has 0 atom stereocenters. The molecule has 0 N–H and O–H groups in total. The lowest BCUT2D eigenvalue weighted by Gasteiger charge is -2.16. The minimum absolute atomic E-state index is 0.688. The number of fused-ring (bicyclic) bond motifs is 4. The van der Waals surface area contributed by atoms with Crippen molar-refractivity contribution in [3.8, 4) is 67.3 Å². The molecule has 0 amide bonds. The quantitative estimate of drug-likeness (QED) is 0.176. The fourth-order valence-electron chi connectivity index (χ4n) is 7.51. The van der Waals surface area contributed by atoms with E-state index in [2.05, 4.69) is 158 Å². The molecule has 0 saturated heterocycles. The molecule has 10 aromatic rings. The third kappa shape index (κ3) is 5.65. The molecule has 0 saturated carbocycles. The average Bonchev–Trinajstić information content (AvgIpc) is 3.63. The van der Waals surface area contributed by atoms with Crippen LogP contribution in [0, 0.1) is 0 Å². The molecule has 0 spiro atoms. The van der Waals surface area contributed by atoms with Crippen LogP contribution in [0.3, 0.4) is 0 Å². The minimum Gasteiger partial charge on any atom is -0.456 e. The summed E-state index contributed by atoms with van der Waals surface area (Å²) < 4.78 is 6.37. The molecular weight excluding hydrogens is 645 g/mol. The smallest absolute Gasteiger partial charge is 0.160 e. The minimum atomic E-state index is 0.688. The fourth-order valence-corrected chi connectivity index (χ4v) is 7.51. The molecule has 0 bridgehead atoms. The molecule has 0 aliphatic rings. The van der Waals surface area contributed by atoms with Gasteiger partial charge in [-0.3, -0.25) is 0 Å². The first-order valence-electron chi connectivity index (χ1n) is 17.9. The van der Waals surface area contributed by atoms with Crippen molar-refractivity contribution in [2.24, 2.45) is 0 Å². The number of hydrogen-bond acceptors (Lipinski definition) is 3. The van der Waals surface area contributed by atoms with Gasteiger partial charge in [-0.05, 0) is 86.6 Å². The van der Waals surface area contributed by atoms with Gasteiger partial charge in [0.2, 0.25) is 0 Å². The zero-order valence-corrected chi connectivity index (χ0v) is 28.8. The first-order chi connectivity index (χ1) is 26.2. The summed E-state index contributed by atoms with van der Waals surface area (Å²) in [5.41, 5.74) is 13.3. The average molecular weight is 677 g/mol. The number of furan rings is 1. The first-order valence-corrected chi connectivity index (χ1v) is 17.9. The molecule has 3 nitrogen and oxygen atoms in total. The molecule has 0 unspecified atom stereocenters. The van der Waals surface area contributed by atoms with Crippen molar-refractivity contribution in [2.45, 2.75) is 0 Å². The van der Waals surface area contributed by atoms with Gasteiger partial charge < -0.3 is 4.42 Å². The maximum absolute atomic E-state index is 6.37. The number of aromatic nitrogens is 2. The molecule has 0 radical (unpaired) electrons. The molecule has 10 rings (SSSR count). The zero-order chi connectivity index (χ0) is 35.1. The Morgan fingerprint density at radius 1 is 0.321 bits per heavy atom. The highest BCUT2D eigenvalue weighted by Crippen LogP contribution is 2.42. The van der Waals surface area contributed by atoms with E-state index in [1.807, 2.05) is 36.4 Å². The summed E-state index contributed by atoms with van der Waals surface area (Å²) in [4.78, 5) is 10.3. The van der Waals surface area contributed by atoms with E-state index in [4.69, 9.17) is 14.4 Å². The van der Waals surface area contributed by atoms with Crippen LogP contribution in [0.25, 0.3) is 100.0 Å². The Labute approximate surface area is 307 Å². The number of benzene rings is 8. The van der Waals surface area contributed by atoms with Crippen molar-refractivity contribution in [2.75, 3.05) is 0 Å². The van der Waals surface area contributed by atoms with Crippen molar-refractivity contribution >= 4 is 32.7 Å². The van der Waals surface area contributed by atoms with E-state index < -0.39 is 0 Å². The van der Waals surface area contributed by atoms with Gasteiger partial charge in [0.25, 0.3) is 0 Å². The van der Waals surface area contributed by atoms with E-state index in [1.54, 1.807) is 0 Å². The Balaban J connectivity index is 1.24. The predicted octanol–water partition coefficient (Wildman–Crippen LogP) is 13.5. The van der Waals surface area contributed by atoms with E-state index in [1.165, 1.54) is 21.9 Å². The van der Waals surface area contributed by atoms with Gasteiger partial charge in [-0.25, -0.2) is 9.97 Å². The Bertz CT molecular complexity index is 2890. The molecule has 3 heteroatoms. The van der Waals surface area contributed by atoms with Crippen LogP contribution >= 0.6 is 0 Å². The number of para-hydroxylation sites is 1. The Morgan fingerprint density at radius 2 is 0.887 bits per heavy atom. The fraction of sp³-hybridized carbons (Fsp3) is 0. The second-order valence-electron chi connectivity index (χ2n) is 13.4. The lowest BCUT2D eigenvalue weighted by molar-refractivity contribution is 0.669. The second kappa shape index (κ2) is 12.9. The lowest BCUT2D eigenvalue weighted by atomic mass is 9.89. The van der Waals surface area contributed by atoms with E-state index in [9.17, 15) is 0 Å². The van der Waals surface area contributed by atoms with Crippen molar-refractivity contribution in [1.29, 1.82) is 0 Å². The van der Waals surface area contributed by atoms with Crippen molar-refractivity contribution in [3.05, 3.63) is 194 Å². The third-order valence-electron chi connectivity index (χ3n) is 10.1. The van der Waals surface area contributed by atoms with Crippen LogP contribution in [-0.2, 0) is 0 Å². The third-order valence-corrected chi connectivity index (χ3v) is 10.1. The standard InChI is InChI=1S/C50H32N2O/c1-3-15-34(16-4-1)45-32-46(52-50(51-45)35-17-5-2-6-18-35)40-30-38(42-21-10-9-20-41(42)37-27-26-33-14-7-8-19-36(33)28-37)29-39(31-40)43-23-13-25-48-49(43)44-22-11-12-24-47(44)53-48/h1-32H. The van der Waals surface area contributed by atoms with E-state index >= 15 is 0 Å². The van der Waals surface area contributed by atoms with Crippen LogP contribution in [0.1, 0.15) is 0 Å². The van der Waals surface area contributed by atoms with Crippen LogP contribution in [0.15, 0.2) is 199 Å². The highest BCUT2D eigenvalue weighted by Gasteiger charge is 2.18. The summed E-state index contributed by atoms with van der Waals surface area (Å²) in [5, 5.41) is 4.65. The molecule has 2 aromatic heterocycles. The first kappa shape index (κ1) is 30.7. The number of nitrogens with zero attached hydrogens (tertiary/aromatic N) is 2. The highest BCUT2D eigenvalue weighted by atomic mass is 16.3. The lowest BCUT2D eigenvalue weighted by Crippen LogP contribution is -1.97. The van der Waals surface area contributed by atoms with E-state index in [-0.39, 0.29) is 0 Å². The van der Waals surface area contributed by atoms with E-state index in [0.29, 0.717) is 5.82 Å². The molecule has 0 aliphatic heterocycles. The summed E-state index contributed by atoms with van der Waals surface area (Å²) in [6.45, 7) is 0. The molecule has 53 heavy (non-hydrogen) atoms. The summed E-state index contributed by atoms with van der Waals surface area (Å²) >= 11 is 0. The van der Waals surface area contributed by atoms with Gasteiger partial charge in [-0.15, -0.1) is 0 Å². The molecule has 0 aliphatic carbocycles. The maximum atomic E-state index is 6.37. The van der Waals surface area contributed by atoms with Gasteiger partial charge in [0.1, 0.15) is 11.2 Å². The van der Waals surface area contributed by atoms with Crippen molar-refractivity contribution in [3.63, 3.8) is 0 Å². The van der Waals surface area contributed by atoms with Gasteiger partial charge >= 0.3 is 0 Å². The van der Waals surface area contributed by atoms with Crippen LogP contribution < -0.4 is 0 Å². The van der Waals surface area contributed by atoms with Gasteiger partial charge in [-0.1, -0.05) is 152 Å². The predicted molar refractivity (Wildman–Crippen MR) is 219 cm³/mol. The van der Waals surface area contributed by atoms with Crippen LogP contribution in [-0.4, -0.2) is 9.97 Å². The summed E-state index contributed by atoms with van der Waals surface area (Å²) in [5.74, 6) is 0.688. The monoisotopic (exact) mass is 676 g/mol.